The number of nitrogens with two attached hydrogens (primary N) is 1. The molecule has 2 N–H and O–H groups in total. The van der Waals surface area contributed by atoms with Gasteiger partial charge in [-0.2, -0.15) is 11.8 Å². The maximum absolute atomic E-state index is 5.51. The summed E-state index contributed by atoms with van der Waals surface area (Å²) in [6.07, 6.45) is 2.60. The average molecular weight is 218 g/mol. The number of rotatable bonds is 3. The van der Waals surface area contributed by atoms with E-state index in [4.69, 9.17) is 18.0 Å². The maximum atomic E-state index is 5.51. The molecule has 0 saturated carbocycles. The van der Waals surface area contributed by atoms with Crippen LogP contribution >= 0.6 is 24.0 Å². The molecule has 2 atom stereocenters. The fourth-order valence-electron chi connectivity index (χ4n) is 1.59. The molecule has 0 spiro atoms. The SMILES string of the molecule is CC1CCC(N(C)CC(N)=S)CS1. The molecule has 0 aromatic rings. The lowest BCUT2D eigenvalue weighted by Crippen LogP contribution is -2.41. The molecule has 0 aromatic heterocycles. The van der Waals surface area contributed by atoms with Crippen molar-refractivity contribution in [3.8, 4) is 0 Å². The summed E-state index contributed by atoms with van der Waals surface area (Å²) in [7, 11) is 2.11. The quantitative estimate of drug-likeness (QED) is 0.727. The van der Waals surface area contributed by atoms with Crippen molar-refractivity contribution in [3.63, 3.8) is 0 Å². The van der Waals surface area contributed by atoms with E-state index < -0.39 is 0 Å². The van der Waals surface area contributed by atoms with Gasteiger partial charge in [0.1, 0.15) is 0 Å². The third kappa shape index (κ3) is 3.83. The molecule has 76 valence electrons. The smallest absolute Gasteiger partial charge is 0.0870 e. The molecular weight excluding hydrogens is 200 g/mol. The van der Waals surface area contributed by atoms with Gasteiger partial charge in [0.2, 0.25) is 0 Å². The Morgan fingerprint density at radius 3 is 2.77 bits per heavy atom. The van der Waals surface area contributed by atoms with Crippen molar-refractivity contribution in [2.75, 3.05) is 19.3 Å². The lowest BCUT2D eigenvalue weighted by Gasteiger charge is -2.32. The molecule has 0 aliphatic carbocycles. The summed E-state index contributed by atoms with van der Waals surface area (Å²) in [5.74, 6) is 1.22. The topological polar surface area (TPSA) is 29.3 Å². The van der Waals surface area contributed by atoms with Gasteiger partial charge >= 0.3 is 0 Å². The first kappa shape index (κ1) is 11.3. The summed E-state index contributed by atoms with van der Waals surface area (Å²) in [5, 5.41) is 0.828. The van der Waals surface area contributed by atoms with Crippen molar-refractivity contribution in [2.45, 2.75) is 31.1 Å². The van der Waals surface area contributed by atoms with Gasteiger partial charge in [0, 0.05) is 23.6 Å². The Hall–Kier alpha value is 0.200. The third-order valence-electron chi connectivity index (χ3n) is 2.51. The molecule has 1 heterocycles. The molecule has 4 heteroatoms. The lowest BCUT2D eigenvalue weighted by molar-refractivity contribution is 0.274. The second kappa shape index (κ2) is 5.17. The highest BCUT2D eigenvalue weighted by Crippen LogP contribution is 2.26. The minimum absolute atomic E-state index is 0.603. The van der Waals surface area contributed by atoms with Crippen molar-refractivity contribution in [1.29, 1.82) is 0 Å². The summed E-state index contributed by atoms with van der Waals surface area (Å²) in [4.78, 5) is 2.88. The minimum atomic E-state index is 0.603. The van der Waals surface area contributed by atoms with Gasteiger partial charge in [0.05, 0.1) is 4.99 Å². The van der Waals surface area contributed by atoms with Gasteiger partial charge in [0.15, 0.2) is 0 Å². The van der Waals surface area contributed by atoms with E-state index in [1.807, 2.05) is 0 Å². The Bertz CT molecular complexity index is 176. The first-order chi connectivity index (χ1) is 6.09. The van der Waals surface area contributed by atoms with Gasteiger partial charge in [0.25, 0.3) is 0 Å². The van der Waals surface area contributed by atoms with Crippen LogP contribution in [0.25, 0.3) is 0 Å². The number of nitrogens with zero attached hydrogens (tertiary/aromatic N) is 1. The predicted octanol–water partition coefficient (Wildman–Crippen LogP) is 1.49. The lowest BCUT2D eigenvalue weighted by atomic mass is 10.1. The maximum Gasteiger partial charge on any atom is 0.0870 e. The van der Waals surface area contributed by atoms with Crippen LogP contribution in [-0.2, 0) is 0 Å². The Kier molecular flexibility index (Phi) is 4.49. The van der Waals surface area contributed by atoms with Crippen molar-refractivity contribution in [1.82, 2.24) is 4.90 Å². The zero-order chi connectivity index (χ0) is 9.84. The Labute approximate surface area is 90.2 Å². The highest BCUT2D eigenvalue weighted by atomic mass is 32.2. The van der Waals surface area contributed by atoms with Crippen molar-refractivity contribution in [3.05, 3.63) is 0 Å². The Morgan fingerprint density at radius 1 is 1.62 bits per heavy atom. The molecule has 2 unspecified atom stereocenters. The van der Waals surface area contributed by atoms with E-state index >= 15 is 0 Å². The largest absolute Gasteiger partial charge is 0.392 e. The van der Waals surface area contributed by atoms with Crippen LogP contribution in [0.3, 0.4) is 0 Å². The molecule has 1 aliphatic rings. The first-order valence-electron chi connectivity index (χ1n) is 4.69. The molecule has 1 rings (SSSR count). The Morgan fingerprint density at radius 2 is 2.31 bits per heavy atom. The molecule has 1 aliphatic heterocycles. The second-order valence-corrected chi connectivity index (χ2v) is 5.75. The summed E-state index contributed by atoms with van der Waals surface area (Å²) in [5.41, 5.74) is 5.51. The fraction of sp³-hybridized carbons (Fsp3) is 0.889. The third-order valence-corrected chi connectivity index (χ3v) is 4.02. The summed E-state index contributed by atoms with van der Waals surface area (Å²) < 4.78 is 0. The highest BCUT2D eigenvalue weighted by molar-refractivity contribution is 7.99. The zero-order valence-electron chi connectivity index (χ0n) is 8.32. The summed E-state index contributed by atoms with van der Waals surface area (Å²) in [6.45, 7) is 3.06. The standard InChI is InChI=1S/C9H18N2S2/c1-7-3-4-8(6-13-7)11(2)5-9(10)12/h7-8H,3-6H2,1-2H3,(H2,10,12). The van der Waals surface area contributed by atoms with E-state index in [1.165, 1.54) is 18.6 Å². The van der Waals surface area contributed by atoms with Crippen LogP contribution < -0.4 is 5.73 Å². The molecule has 1 fully saturated rings. The van der Waals surface area contributed by atoms with Crippen molar-refractivity contribution in [2.24, 2.45) is 5.73 Å². The second-order valence-electron chi connectivity index (χ2n) is 3.76. The van der Waals surface area contributed by atoms with Crippen molar-refractivity contribution >= 4 is 29.0 Å². The van der Waals surface area contributed by atoms with E-state index in [0.29, 0.717) is 11.0 Å². The van der Waals surface area contributed by atoms with Crippen LogP contribution in [0.4, 0.5) is 0 Å². The van der Waals surface area contributed by atoms with Gasteiger partial charge in [-0.1, -0.05) is 19.1 Å². The number of hydrogen-bond acceptors (Lipinski definition) is 3. The molecule has 0 radical (unpaired) electrons. The summed E-state index contributed by atoms with van der Waals surface area (Å²) in [6, 6.07) is 0.669. The van der Waals surface area contributed by atoms with Crippen LogP contribution in [0, 0.1) is 0 Å². The van der Waals surface area contributed by atoms with Gasteiger partial charge in [-0.3, -0.25) is 4.90 Å². The van der Waals surface area contributed by atoms with Gasteiger partial charge < -0.3 is 5.73 Å². The van der Waals surface area contributed by atoms with Gasteiger partial charge in [-0.05, 0) is 19.9 Å². The van der Waals surface area contributed by atoms with Gasteiger partial charge in [-0.15, -0.1) is 0 Å². The monoisotopic (exact) mass is 218 g/mol. The van der Waals surface area contributed by atoms with Crippen LogP contribution in [0.5, 0.6) is 0 Å². The number of hydrogen-bond donors (Lipinski definition) is 1. The molecule has 13 heavy (non-hydrogen) atoms. The normalized spacial score (nSPS) is 29.2. The number of thiocarbonyl (C=S) groups is 1. The van der Waals surface area contributed by atoms with Crippen molar-refractivity contribution < 1.29 is 0 Å². The molecular formula is C9H18N2S2. The van der Waals surface area contributed by atoms with E-state index in [-0.39, 0.29) is 0 Å². The van der Waals surface area contributed by atoms with Crippen LogP contribution in [0.1, 0.15) is 19.8 Å². The fourth-order valence-corrected chi connectivity index (χ4v) is 3.07. The minimum Gasteiger partial charge on any atom is -0.392 e. The van der Waals surface area contributed by atoms with Crippen LogP contribution in [-0.4, -0.2) is 40.5 Å². The number of likely N-dealkylation sites (N-methyl/N-ethyl adjacent to an activating group) is 1. The van der Waals surface area contributed by atoms with E-state index in [2.05, 4.69) is 30.6 Å². The number of thioether (sulfide) groups is 1. The van der Waals surface area contributed by atoms with E-state index in [1.54, 1.807) is 0 Å². The predicted molar refractivity (Wildman–Crippen MR) is 64.4 cm³/mol. The van der Waals surface area contributed by atoms with Crippen LogP contribution in [0.2, 0.25) is 0 Å². The highest BCUT2D eigenvalue weighted by Gasteiger charge is 2.21. The molecule has 1 saturated heterocycles. The zero-order valence-corrected chi connectivity index (χ0v) is 9.96. The van der Waals surface area contributed by atoms with Crippen LogP contribution in [0.15, 0.2) is 0 Å². The van der Waals surface area contributed by atoms with E-state index in [9.17, 15) is 0 Å². The molecule has 0 amide bonds. The average Bonchev–Trinajstić information content (AvgIpc) is 2.04. The summed E-state index contributed by atoms with van der Waals surface area (Å²) >= 11 is 6.95. The molecule has 0 aromatic carbocycles. The van der Waals surface area contributed by atoms with E-state index in [0.717, 1.165) is 11.8 Å². The Balaban J connectivity index is 2.31. The molecule has 0 bridgehead atoms. The van der Waals surface area contributed by atoms with Gasteiger partial charge in [-0.25, -0.2) is 0 Å². The molecule has 2 nitrogen and oxygen atoms in total. The first-order valence-corrected chi connectivity index (χ1v) is 6.15.